The molecule has 4 aromatic rings. The van der Waals surface area contributed by atoms with Crippen LogP contribution in [0.15, 0.2) is 93.2 Å². The minimum absolute atomic E-state index is 0.168. The summed E-state index contributed by atoms with van der Waals surface area (Å²) < 4.78 is 7.81. The van der Waals surface area contributed by atoms with E-state index in [1.54, 1.807) is 15.9 Å². The summed E-state index contributed by atoms with van der Waals surface area (Å²) in [5, 5.41) is 4.94. The number of para-hydroxylation sites is 1. The third kappa shape index (κ3) is 4.62. The Morgan fingerprint density at radius 3 is 2.57 bits per heavy atom. The molecular formula is C27H23N3O3S2. The van der Waals surface area contributed by atoms with Crippen LogP contribution in [0.2, 0.25) is 0 Å². The van der Waals surface area contributed by atoms with Crippen LogP contribution in [-0.4, -0.2) is 17.1 Å². The third-order valence-electron chi connectivity index (χ3n) is 5.62. The fourth-order valence-electron chi connectivity index (χ4n) is 4.06. The molecule has 2 aromatic carbocycles. The molecule has 0 saturated carbocycles. The number of allylic oxidation sites excluding steroid dienone is 1. The SMILES string of the molecule is CCOc1ccc([C@H]2C(C(=O)Nc3ccccc3)=C(C)N=c3s/c(=C\c4cccs4)c(=O)n32)cc1. The molecular weight excluding hydrogens is 478 g/mol. The topological polar surface area (TPSA) is 72.7 Å². The van der Waals surface area contributed by atoms with Gasteiger partial charge in [-0.2, -0.15) is 0 Å². The van der Waals surface area contributed by atoms with Crippen molar-refractivity contribution in [3.05, 3.63) is 114 Å². The van der Waals surface area contributed by atoms with Gasteiger partial charge < -0.3 is 10.1 Å². The van der Waals surface area contributed by atoms with Crippen LogP contribution in [0.1, 0.15) is 30.3 Å². The fraction of sp³-hybridized carbons (Fsp3) is 0.148. The number of fused-ring (bicyclic) bond motifs is 1. The van der Waals surface area contributed by atoms with Gasteiger partial charge in [-0.15, -0.1) is 11.3 Å². The average Bonchev–Trinajstić information content (AvgIpc) is 3.47. The number of nitrogens with zero attached hydrogens (tertiary/aromatic N) is 2. The first kappa shape index (κ1) is 23.0. The first-order chi connectivity index (χ1) is 17.0. The lowest BCUT2D eigenvalue weighted by Gasteiger charge is -2.25. The molecule has 1 amide bonds. The number of ether oxygens (including phenoxy) is 1. The number of thiazole rings is 1. The van der Waals surface area contributed by atoms with E-state index in [9.17, 15) is 9.59 Å². The summed E-state index contributed by atoms with van der Waals surface area (Å²) in [6.07, 6.45) is 1.88. The summed E-state index contributed by atoms with van der Waals surface area (Å²) in [4.78, 5) is 33.4. The van der Waals surface area contributed by atoms with E-state index in [-0.39, 0.29) is 11.5 Å². The minimum atomic E-state index is -0.615. The molecule has 35 heavy (non-hydrogen) atoms. The lowest BCUT2D eigenvalue weighted by Crippen LogP contribution is -2.40. The normalized spacial score (nSPS) is 15.5. The molecule has 1 atom stereocenters. The summed E-state index contributed by atoms with van der Waals surface area (Å²) in [6, 6.07) is 20.1. The van der Waals surface area contributed by atoms with Crippen molar-refractivity contribution >= 4 is 40.3 Å². The summed E-state index contributed by atoms with van der Waals surface area (Å²) >= 11 is 2.90. The Morgan fingerprint density at radius 2 is 1.89 bits per heavy atom. The van der Waals surface area contributed by atoms with Crippen molar-refractivity contribution in [1.82, 2.24) is 4.57 Å². The number of anilines is 1. The molecule has 0 spiro atoms. The number of benzene rings is 2. The number of thiophene rings is 1. The third-order valence-corrected chi connectivity index (χ3v) is 7.42. The highest BCUT2D eigenvalue weighted by atomic mass is 32.1. The molecule has 1 aliphatic rings. The number of carbonyl (C=O) groups excluding carboxylic acids is 1. The number of aromatic nitrogens is 1. The van der Waals surface area contributed by atoms with E-state index in [0.29, 0.717) is 32.9 Å². The molecule has 0 radical (unpaired) electrons. The number of rotatable bonds is 6. The van der Waals surface area contributed by atoms with Crippen molar-refractivity contribution in [1.29, 1.82) is 0 Å². The maximum Gasteiger partial charge on any atom is 0.271 e. The Labute approximate surface area is 210 Å². The number of hydrogen-bond acceptors (Lipinski definition) is 6. The van der Waals surface area contributed by atoms with Crippen molar-refractivity contribution in [3.63, 3.8) is 0 Å². The van der Waals surface area contributed by atoms with E-state index in [2.05, 4.69) is 10.3 Å². The summed E-state index contributed by atoms with van der Waals surface area (Å²) in [6.45, 7) is 4.30. The second kappa shape index (κ2) is 9.85. The maximum atomic E-state index is 13.6. The molecule has 0 fully saturated rings. The zero-order valence-electron chi connectivity index (χ0n) is 19.2. The van der Waals surface area contributed by atoms with Crippen LogP contribution < -0.4 is 24.9 Å². The van der Waals surface area contributed by atoms with Gasteiger partial charge in [0.25, 0.3) is 11.5 Å². The molecule has 1 aliphatic heterocycles. The van der Waals surface area contributed by atoms with Crippen molar-refractivity contribution in [2.24, 2.45) is 4.99 Å². The van der Waals surface area contributed by atoms with Gasteiger partial charge in [0.15, 0.2) is 4.80 Å². The van der Waals surface area contributed by atoms with E-state index < -0.39 is 6.04 Å². The second-order valence-electron chi connectivity index (χ2n) is 7.92. The predicted molar refractivity (Wildman–Crippen MR) is 141 cm³/mol. The summed E-state index contributed by atoms with van der Waals surface area (Å²) in [5.74, 6) is 0.446. The monoisotopic (exact) mass is 501 g/mol. The van der Waals surface area contributed by atoms with Crippen LogP contribution in [0, 0.1) is 0 Å². The highest BCUT2D eigenvalue weighted by Crippen LogP contribution is 2.31. The lowest BCUT2D eigenvalue weighted by molar-refractivity contribution is -0.113. The van der Waals surface area contributed by atoms with Crippen LogP contribution in [0.3, 0.4) is 0 Å². The molecule has 176 valence electrons. The molecule has 5 rings (SSSR count). The molecule has 0 saturated heterocycles. The molecule has 0 aliphatic carbocycles. The fourth-order valence-corrected chi connectivity index (χ4v) is 5.83. The predicted octanol–water partition coefficient (Wildman–Crippen LogP) is 4.33. The second-order valence-corrected chi connectivity index (χ2v) is 9.91. The minimum Gasteiger partial charge on any atom is -0.494 e. The van der Waals surface area contributed by atoms with E-state index >= 15 is 0 Å². The number of carbonyl (C=O) groups is 1. The smallest absolute Gasteiger partial charge is 0.271 e. The largest absolute Gasteiger partial charge is 0.494 e. The van der Waals surface area contributed by atoms with Crippen LogP contribution in [0.4, 0.5) is 5.69 Å². The van der Waals surface area contributed by atoms with Crippen LogP contribution >= 0.6 is 22.7 Å². The van der Waals surface area contributed by atoms with Gasteiger partial charge in [-0.25, -0.2) is 4.99 Å². The molecule has 3 heterocycles. The zero-order valence-corrected chi connectivity index (χ0v) is 20.9. The zero-order chi connectivity index (χ0) is 24.4. The van der Waals surface area contributed by atoms with Crippen LogP contribution in [0.25, 0.3) is 6.08 Å². The standard InChI is InChI=1S/C27H23N3O3S2/c1-3-33-20-13-11-18(12-14-20)24-23(25(31)29-19-8-5-4-6-9-19)17(2)28-27-30(24)26(32)22(35-27)16-21-10-7-15-34-21/h4-16,24H,3H2,1-2H3,(H,29,31)/b22-16-/t24-/m0/s1. The van der Waals surface area contributed by atoms with E-state index in [1.165, 1.54) is 11.3 Å². The molecule has 2 aromatic heterocycles. The lowest BCUT2D eigenvalue weighted by atomic mass is 9.95. The first-order valence-corrected chi connectivity index (χ1v) is 12.9. The number of hydrogen-bond donors (Lipinski definition) is 1. The van der Waals surface area contributed by atoms with E-state index in [1.807, 2.05) is 92.0 Å². The van der Waals surface area contributed by atoms with Gasteiger partial charge in [-0.05, 0) is 61.2 Å². The number of amides is 1. The average molecular weight is 502 g/mol. The van der Waals surface area contributed by atoms with Crippen LogP contribution in [-0.2, 0) is 4.79 Å². The van der Waals surface area contributed by atoms with E-state index in [4.69, 9.17) is 4.74 Å². The number of nitrogens with one attached hydrogen (secondary N) is 1. The highest BCUT2D eigenvalue weighted by molar-refractivity contribution is 7.11. The van der Waals surface area contributed by atoms with Gasteiger partial charge in [0, 0.05) is 10.6 Å². The van der Waals surface area contributed by atoms with Crippen molar-refractivity contribution in [3.8, 4) is 5.75 Å². The Hall–Kier alpha value is -3.75. The Balaban J connectivity index is 1.66. The van der Waals surface area contributed by atoms with Gasteiger partial charge in [0.1, 0.15) is 5.75 Å². The Morgan fingerprint density at radius 1 is 1.11 bits per heavy atom. The van der Waals surface area contributed by atoms with Crippen molar-refractivity contribution in [2.75, 3.05) is 11.9 Å². The summed E-state index contributed by atoms with van der Waals surface area (Å²) in [5.41, 5.74) is 2.34. The molecule has 0 bridgehead atoms. The van der Waals surface area contributed by atoms with Gasteiger partial charge in [0.2, 0.25) is 0 Å². The Kier molecular flexibility index (Phi) is 6.48. The highest BCUT2D eigenvalue weighted by Gasteiger charge is 2.32. The van der Waals surface area contributed by atoms with Crippen LogP contribution in [0.5, 0.6) is 5.75 Å². The maximum absolute atomic E-state index is 13.6. The van der Waals surface area contributed by atoms with Crippen molar-refractivity contribution < 1.29 is 9.53 Å². The van der Waals surface area contributed by atoms with E-state index in [0.717, 1.165) is 16.2 Å². The summed E-state index contributed by atoms with van der Waals surface area (Å²) in [7, 11) is 0. The van der Waals surface area contributed by atoms with Gasteiger partial charge in [0.05, 0.1) is 28.5 Å². The Bertz CT molecular complexity index is 1570. The van der Waals surface area contributed by atoms with Gasteiger partial charge >= 0.3 is 0 Å². The van der Waals surface area contributed by atoms with Gasteiger partial charge in [-0.3, -0.25) is 14.2 Å². The molecule has 8 heteroatoms. The first-order valence-electron chi connectivity index (χ1n) is 11.2. The quantitative estimate of drug-likeness (QED) is 0.427. The van der Waals surface area contributed by atoms with Gasteiger partial charge in [-0.1, -0.05) is 47.7 Å². The molecule has 1 N–H and O–H groups in total. The molecule has 6 nitrogen and oxygen atoms in total. The van der Waals surface area contributed by atoms with Crippen molar-refractivity contribution in [2.45, 2.75) is 19.9 Å². The molecule has 0 unspecified atom stereocenters.